The van der Waals surface area contributed by atoms with Crippen molar-refractivity contribution in [2.24, 2.45) is 0 Å². The summed E-state index contributed by atoms with van der Waals surface area (Å²) in [7, 11) is 0. The first-order chi connectivity index (χ1) is 26.8. The number of aromatic nitrogens is 1. The van der Waals surface area contributed by atoms with Gasteiger partial charge in [-0.3, -0.25) is 0 Å². The molecule has 11 rings (SSSR count). The molecule has 1 aromatic heterocycles. The summed E-state index contributed by atoms with van der Waals surface area (Å²) in [5.41, 5.74) is 9.38. The van der Waals surface area contributed by atoms with Gasteiger partial charge >= 0.3 is 0 Å². The molecule has 0 radical (unpaired) electrons. The van der Waals surface area contributed by atoms with E-state index in [1.165, 1.54) is 76.0 Å². The molecule has 0 N–H and O–H groups in total. The van der Waals surface area contributed by atoms with E-state index in [4.69, 9.17) is 0 Å². The van der Waals surface area contributed by atoms with Gasteiger partial charge in [-0.05, 0) is 109 Å². The maximum absolute atomic E-state index is 2.45. The molecule has 0 fully saturated rings. The molecule has 0 amide bonds. The second-order valence-electron chi connectivity index (χ2n) is 14.2. The highest BCUT2D eigenvalue weighted by molar-refractivity contribution is 6.20. The molecule has 0 spiro atoms. The lowest BCUT2D eigenvalue weighted by Gasteiger charge is -2.28. The third-order valence-corrected chi connectivity index (χ3v) is 11.1. The Morgan fingerprint density at radius 3 is 1.78 bits per heavy atom. The minimum atomic E-state index is 1.12. The molecule has 0 aliphatic carbocycles. The molecule has 252 valence electrons. The summed E-state index contributed by atoms with van der Waals surface area (Å²) in [5.74, 6) is 0. The number of benzene rings is 10. The second-order valence-corrected chi connectivity index (χ2v) is 14.2. The fourth-order valence-electron chi connectivity index (χ4n) is 8.60. The molecule has 2 nitrogen and oxygen atoms in total. The van der Waals surface area contributed by atoms with Crippen molar-refractivity contribution < 1.29 is 0 Å². The Morgan fingerprint density at radius 2 is 0.889 bits per heavy atom. The maximum Gasteiger partial charge on any atom is 0.0542 e. The first-order valence-electron chi connectivity index (χ1n) is 18.6. The Balaban J connectivity index is 1.16. The molecule has 54 heavy (non-hydrogen) atoms. The van der Waals surface area contributed by atoms with E-state index in [0.29, 0.717) is 0 Å². The molecule has 10 aromatic carbocycles. The highest BCUT2D eigenvalue weighted by Gasteiger charge is 2.20. The largest absolute Gasteiger partial charge is 0.310 e. The van der Waals surface area contributed by atoms with E-state index in [9.17, 15) is 0 Å². The zero-order valence-electron chi connectivity index (χ0n) is 29.5. The van der Waals surface area contributed by atoms with Crippen LogP contribution in [0.3, 0.4) is 0 Å². The van der Waals surface area contributed by atoms with Crippen molar-refractivity contribution in [1.29, 1.82) is 0 Å². The molecular formula is C52H34N2. The first kappa shape index (κ1) is 30.5. The zero-order chi connectivity index (χ0) is 35.6. The maximum atomic E-state index is 2.45. The van der Waals surface area contributed by atoms with Crippen LogP contribution >= 0.6 is 0 Å². The molecule has 11 aromatic rings. The van der Waals surface area contributed by atoms with Crippen LogP contribution in [-0.2, 0) is 0 Å². The third kappa shape index (κ3) is 4.81. The molecule has 0 unspecified atom stereocenters. The number of hydrogen-bond acceptors (Lipinski definition) is 1. The standard InChI is InChI=1S/C52H34N2/c1-3-12-35(13-4-1)37-22-23-39-33-41(26-24-38(39)32-37)53(50-21-11-19-44-46-28-25-36-14-7-8-17-43(36)45(46)29-30-48(44)50)42-27-31-52-49(34-42)47-18-9-10-20-51(47)54(52)40-15-5-2-6-16-40/h1-34H. The van der Waals surface area contributed by atoms with Crippen LogP contribution in [0.4, 0.5) is 17.1 Å². The number of rotatable bonds is 5. The van der Waals surface area contributed by atoms with Gasteiger partial charge in [-0.2, -0.15) is 0 Å². The Morgan fingerprint density at radius 1 is 0.296 bits per heavy atom. The molecule has 0 atom stereocenters. The van der Waals surface area contributed by atoms with Gasteiger partial charge in [-0.25, -0.2) is 0 Å². The smallest absolute Gasteiger partial charge is 0.0542 e. The summed E-state index contributed by atoms with van der Waals surface area (Å²) in [6.45, 7) is 0. The van der Waals surface area contributed by atoms with Crippen molar-refractivity contribution in [3.8, 4) is 16.8 Å². The lowest BCUT2D eigenvalue weighted by Crippen LogP contribution is -2.10. The van der Waals surface area contributed by atoms with Crippen LogP contribution in [0.5, 0.6) is 0 Å². The van der Waals surface area contributed by atoms with Gasteiger partial charge < -0.3 is 9.47 Å². The van der Waals surface area contributed by atoms with Crippen molar-refractivity contribution in [3.05, 3.63) is 206 Å². The van der Waals surface area contributed by atoms with Gasteiger partial charge in [-0.15, -0.1) is 0 Å². The average molecular weight is 687 g/mol. The van der Waals surface area contributed by atoms with Gasteiger partial charge in [0.25, 0.3) is 0 Å². The number of anilines is 3. The van der Waals surface area contributed by atoms with E-state index >= 15 is 0 Å². The molecular weight excluding hydrogens is 653 g/mol. The monoisotopic (exact) mass is 686 g/mol. The highest BCUT2D eigenvalue weighted by atomic mass is 15.1. The summed E-state index contributed by atoms with van der Waals surface area (Å²) in [5, 5.41) is 12.4. The highest BCUT2D eigenvalue weighted by Crippen LogP contribution is 2.44. The molecule has 0 aliphatic heterocycles. The minimum absolute atomic E-state index is 1.12. The van der Waals surface area contributed by atoms with Crippen molar-refractivity contribution >= 4 is 82.0 Å². The Bertz CT molecular complexity index is 3210. The molecule has 0 aliphatic rings. The van der Waals surface area contributed by atoms with E-state index in [1.807, 2.05) is 0 Å². The third-order valence-electron chi connectivity index (χ3n) is 11.1. The van der Waals surface area contributed by atoms with E-state index in [1.54, 1.807) is 0 Å². The van der Waals surface area contributed by atoms with Crippen molar-refractivity contribution in [3.63, 3.8) is 0 Å². The van der Waals surface area contributed by atoms with Crippen molar-refractivity contribution in [2.45, 2.75) is 0 Å². The van der Waals surface area contributed by atoms with Crippen LogP contribution in [-0.4, -0.2) is 4.57 Å². The van der Waals surface area contributed by atoms with E-state index in [0.717, 1.165) is 22.7 Å². The van der Waals surface area contributed by atoms with E-state index in [-0.39, 0.29) is 0 Å². The van der Waals surface area contributed by atoms with E-state index < -0.39 is 0 Å². The summed E-state index contributed by atoms with van der Waals surface area (Å²) in [6.07, 6.45) is 0. The normalized spacial score (nSPS) is 11.7. The summed E-state index contributed by atoms with van der Waals surface area (Å²) < 4.78 is 2.38. The summed E-state index contributed by atoms with van der Waals surface area (Å²) >= 11 is 0. The van der Waals surface area contributed by atoms with Crippen LogP contribution < -0.4 is 4.90 Å². The predicted octanol–water partition coefficient (Wildman–Crippen LogP) is 14.5. The predicted molar refractivity (Wildman–Crippen MR) is 231 cm³/mol. The Labute approximate surface area is 313 Å². The van der Waals surface area contributed by atoms with Gasteiger partial charge in [0.15, 0.2) is 0 Å². The Hall–Kier alpha value is -7.16. The molecule has 0 saturated heterocycles. The van der Waals surface area contributed by atoms with Gasteiger partial charge in [0.2, 0.25) is 0 Å². The molecule has 1 heterocycles. The number of hydrogen-bond donors (Lipinski definition) is 0. The van der Waals surface area contributed by atoms with E-state index in [2.05, 4.69) is 216 Å². The van der Waals surface area contributed by atoms with Crippen LogP contribution in [0, 0.1) is 0 Å². The SMILES string of the molecule is c1ccc(-c2ccc3cc(N(c4ccc5c(c4)c4ccccc4n5-c4ccccc4)c4cccc5c4ccc4c6ccccc6ccc54)ccc3c2)cc1. The molecule has 2 heteroatoms. The topological polar surface area (TPSA) is 8.17 Å². The lowest BCUT2D eigenvalue weighted by atomic mass is 9.96. The van der Waals surface area contributed by atoms with Gasteiger partial charge in [0.1, 0.15) is 0 Å². The fourth-order valence-corrected chi connectivity index (χ4v) is 8.60. The fraction of sp³-hybridized carbons (Fsp3) is 0. The summed E-state index contributed by atoms with van der Waals surface area (Å²) in [6, 6.07) is 75.4. The lowest BCUT2D eigenvalue weighted by molar-refractivity contribution is 1.18. The number of fused-ring (bicyclic) bond motifs is 9. The van der Waals surface area contributed by atoms with Crippen molar-refractivity contribution in [1.82, 2.24) is 4.57 Å². The van der Waals surface area contributed by atoms with Gasteiger partial charge in [-0.1, -0.05) is 146 Å². The minimum Gasteiger partial charge on any atom is -0.310 e. The van der Waals surface area contributed by atoms with Crippen LogP contribution in [0.15, 0.2) is 206 Å². The Kier molecular flexibility index (Phi) is 6.90. The van der Waals surface area contributed by atoms with Crippen LogP contribution in [0.25, 0.3) is 81.7 Å². The van der Waals surface area contributed by atoms with Gasteiger partial charge in [0.05, 0.1) is 16.7 Å². The average Bonchev–Trinajstić information content (AvgIpc) is 3.58. The van der Waals surface area contributed by atoms with Gasteiger partial charge in [0, 0.05) is 33.2 Å². The molecule has 0 bridgehead atoms. The van der Waals surface area contributed by atoms with Crippen LogP contribution in [0.2, 0.25) is 0 Å². The van der Waals surface area contributed by atoms with Crippen LogP contribution in [0.1, 0.15) is 0 Å². The quantitative estimate of drug-likeness (QED) is 0.164. The molecule has 0 saturated carbocycles. The van der Waals surface area contributed by atoms with Crippen molar-refractivity contribution in [2.75, 3.05) is 4.90 Å². The zero-order valence-corrected chi connectivity index (χ0v) is 29.5. The first-order valence-corrected chi connectivity index (χ1v) is 18.6. The summed E-state index contributed by atoms with van der Waals surface area (Å²) in [4.78, 5) is 2.45. The number of nitrogens with zero attached hydrogens (tertiary/aromatic N) is 2. The number of para-hydroxylation sites is 2. The second kappa shape index (κ2) is 12.2.